The van der Waals surface area contributed by atoms with Crippen LogP contribution < -0.4 is 5.73 Å². The van der Waals surface area contributed by atoms with Crippen molar-refractivity contribution in [3.8, 4) is 0 Å². The third-order valence-corrected chi connectivity index (χ3v) is 7.16. The van der Waals surface area contributed by atoms with Gasteiger partial charge in [0.05, 0.1) is 0 Å². The van der Waals surface area contributed by atoms with Crippen LogP contribution in [-0.4, -0.2) is 35.1 Å². The number of rotatable bonds is 7. The van der Waals surface area contributed by atoms with Gasteiger partial charge in [-0.1, -0.05) is 51.4 Å². The number of hydrogen-bond acceptors (Lipinski definition) is 4. The van der Waals surface area contributed by atoms with Crippen molar-refractivity contribution in [2.75, 3.05) is 7.05 Å². The lowest BCUT2D eigenvalue weighted by molar-refractivity contribution is -0.131. The summed E-state index contributed by atoms with van der Waals surface area (Å²) >= 11 is 0. The summed E-state index contributed by atoms with van der Waals surface area (Å²) in [4.78, 5) is 31.0. The smallest absolute Gasteiger partial charge is 0.257 e. The molecular weight excluding hydrogens is 338 g/mol. The number of likely N-dealkylation sites (N-methyl/N-ethyl adjacent to an activating group) is 1. The Bertz CT molecular complexity index is 582. The van der Waals surface area contributed by atoms with Crippen LogP contribution in [0, 0.1) is 17.8 Å². The van der Waals surface area contributed by atoms with Crippen LogP contribution in [0.25, 0.3) is 0 Å². The molecule has 1 amide bonds. The summed E-state index contributed by atoms with van der Waals surface area (Å²) in [5.41, 5.74) is 5.41. The average molecular weight is 376 g/mol. The van der Waals surface area contributed by atoms with E-state index in [1.807, 2.05) is 0 Å². The van der Waals surface area contributed by atoms with E-state index in [0.29, 0.717) is 24.2 Å². The van der Waals surface area contributed by atoms with E-state index in [4.69, 9.17) is 10.7 Å². The quantitative estimate of drug-likeness (QED) is 0.729. The van der Waals surface area contributed by atoms with E-state index >= 15 is 0 Å². The van der Waals surface area contributed by atoms with E-state index in [-0.39, 0.29) is 11.7 Å². The molecule has 3 aliphatic rings. The Morgan fingerprint density at radius 2 is 1.78 bits per heavy atom. The van der Waals surface area contributed by atoms with E-state index < -0.39 is 5.54 Å². The molecule has 0 aromatic heterocycles. The molecule has 3 rings (SSSR count). The summed E-state index contributed by atoms with van der Waals surface area (Å²) in [6.07, 6.45) is 14.5. The molecule has 0 aromatic carbocycles. The Hall–Kier alpha value is -1.39. The molecule has 0 bridgehead atoms. The summed E-state index contributed by atoms with van der Waals surface area (Å²) in [5, 5.41) is 0. The maximum atomic E-state index is 13.1. The molecule has 2 fully saturated rings. The fraction of sp³-hybridized carbons (Fsp3) is 0.864. The Labute approximate surface area is 164 Å². The highest BCUT2D eigenvalue weighted by Crippen LogP contribution is 2.42. The fourth-order valence-corrected chi connectivity index (χ4v) is 5.73. The molecule has 2 N–H and O–H groups in total. The van der Waals surface area contributed by atoms with Gasteiger partial charge in [0.2, 0.25) is 0 Å². The first kappa shape index (κ1) is 20.3. The van der Waals surface area contributed by atoms with Gasteiger partial charge in [-0.2, -0.15) is 0 Å². The minimum absolute atomic E-state index is 0.0875. The van der Waals surface area contributed by atoms with E-state index in [1.165, 1.54) is 32.1 Å². The maximum Gasteiger partial charge on any atom is 0.257 e. The molecule has 2 saturated carbocycles. The van der Waals surface area contributed by atoms with Crippen molar-refractivity contribution in [2.24, 2.45) is 28.5 Å². The van der Waals surface area contributed by atoms with Crippen molar-refractivity contribution < 1.29 is 9.59 Å². The number of carbonyl (C=O) groups excluding carboxylic acids is 2. The van der Waals surface area contributed by atoms with Crippen LogP contribution in [0.1, 0.15) is 90.4 Å². The monoisotopic (exact) mass is 375 g/mol. The topological polar surface area (TPSA) is 75.8 Å². The Balaban J connectivity index is 1.68. The second kappa shape index (κ2) is 8.74. The normalized spacial score (nSPS) is 32.6. The highest BCUT2D eigenvalue weighted by atomic mass is 16.2. The van der Waals surface area contributed by atoms with Crippen molar-refractivity contribution in [3.63, 3.8) is 0 Å². The van der Waals surface area contributed by atoms with Crippen LogP contribution in [0.4, 0.5) is 0 Å². The van der Waals surface area contributed by atoms with Gasteiger partial charge in [0.25, 0.3) is 5.91 Å². The van der Waals surface area contributed by atoms with Gasteiger partial charge in [-0.3, -0.25) is 9.69 Å². The van der Waals surface area contributed by atoms with Gasteiger partial charge in [0, 0.05) is 13.5 Å². The minimum atomic E-state index is -0.654. The minimum Gasteiger partial charge on any atom is -0.369 e. The zero-order valence-corrected chi connectivity index (χ0v) is 17.2. The number of carbonyl (C=O) groups is 2. The van der Waals surface area contributed by atoms with Gasteiger partial charge in [0.1, 0.15) is 11.3 Å². The van der Waals surface area contributed by atoms with Crippen molar-refractivity contribution in [2.45, 2.75) is 95.9 Å². The van der Waals surface area contributed by atoms with Crippen LogP contribution in [0.15, 0.2) is 4.99 Å². The van der Waals surface area contributed by atoms with Gasteiger partial charge in [-0.05, 0) is 50.4 Å². The Kier molecular flexibility index (Phi) is 6.59. The molecule has 1 aliphatic heterocycles. The molecule has 5 nitrogen and oxygen atoms in total. The highest BCUT2D eigenvalue weighted by molar-refractivity contribution is 6.06. The number of hydrogen-bond donors (Lipinski definition) is 1. The third-order valence-electron chi connectivity index (χ3n) is 7.16. The summed E-state index contributed by atoms with van der Waals surface area (Å²) in [7, 11) is 1.75. The molecule has 5 heteroatoms. The molecule has 0 aromatic rings. The zero-order chi connectivity index (χ0) is 19.4. The lowest BCUT2D eigenvalue weighted by Gasteiger charge is -2.35. The van der Waals surface area contributed by atoms with Gasteiger partial charge in [-0.25, -0.2) is 4.99 Å². The maximum absolute atomic E-state index is 13.1. The van der Waals surface area contributed by atoms with E-state index in [9.17, 15) is 9.59 Å². The van der Waals surface area contributed by atoms with Crippen molar-refractivity contribution >= 4 is 17.6 Å². The number of aliphatic imine (C=N–C) groups is 1. The van der Waals surface area contributed by atoms with Gasteiger partial charge in [-0.15, -0.1) is 0 Å². The fourth-order valence-electron chi connectivity index (χ4n) is 5.73. The number of Topliss-reactive ketones (excluding diaryl/α,β-unsaturated/α-hetero) is 1. The summed E-state index contributed by atoms with van der Waals surface area (Å²) in [5.74, 6) is 2.44. The van der Waals surface area contributed by atoms with E-state index in [2.05, 4.69) is 0 Å². The van der Waals surface area contributed by atoms with Crippen LogP contribution in [0.3, 0.4) is 0 Å². The van der Waals surface area contributed by atoms with Crippen LogP contribution in [-0.2, 0) is 9.59 Å². The standard InChI is InChI=1S/C22H37N3O2/c1-16(26)13-18-9-6-10-19(14-18)15-22(20(27)25(2)21(23)24-22)12-11-17-7-4-3-5-8-17/h17-19H,3-15H2,1-2H3,(H2,23,24)/t18?,19-,22+/m0/s1. The number of guanidine groups is 1. The second-order valence-electron chi connectivity index (χ2n) is 9.42. The van der Waals surface area contributed by atoms with Crippen LogP contribution in [0.2, 0.25) is 0 Å². The Morgan fingerprint density at radius 1 is 1.11 bits per heavy atom. The van der Waals surface area contributed by atoms with Gasteiger partial charge in [0.15, 0.2) is 5.96 Å². The molecule has 152 valence electrons. The van der Waals surface area contributed by atoms with Crippen LogP contribution in [0.5, 0.6) is 0 Å². The first-order chi connectivity index (χ1) is 12.9. The van der Waals surface area contributed by atoms with E-state index in [1.54, 1.807) is 18.9 Å². The second-order valence-corrected chi connectivity index (χ2v) is 9.42. The van der Waals surface area contributed by atoms with E-state index in [0.717, 1.165) is 50.9 Å². The number of ketones is 1. The molecule has 0 radical (unpaired) electrons. The Morgan fingerprint density at radius 3 is 2.41 bits per heavy atom. The zero-order valence-electron chi connectivity index (χ0n) is 17.2. The third kappa shape index (κ3) is 4.91. The predicted octanol–water partition coefficient (Wildman–Crippen LogP) is 4.05. The average Bonchev–Trinajstić information content (AvgIpc) is 2.85. The van der Waals surface area contributed by atoms with Gasteiger partial charge >= 0.3 is 0 Å². The molecule has 1 unspecified atom stereocenters. The van der Waals surface area contributed by atoms with Crippen molar-refractivity contribution in [1.29, 1.82) is 0 Å². The summed E-state index contributed by atoms with van der Waals surface area (Å²) in [6, 6.07) is 0. The van der Waals surface area contributed by atoms with Crippen molar-refractivity contribution in [1.82, 2.24) is 4.90 Å². The molecule has 3 atom stereocenters. The lowest BCUT2D eigenvalue weighted by Crippen LogP contribution is -2.44. The first-order valence-corrected chi connectivity index (χ1v) is 11.0. The summed E-state index contributed by atoms with van der Waals surface area (Å²) < 4.78 is 0. The molecule has 0 saturated heterocycles. The number of nitrogens with two attached hydrogens (primary N) is 1. The predicted molar refractivity (Wildman–Crippen MR) is 108 cm³/mol. The van der Waals surface area contributed by atoms with Crippen molar-refractivity contribution in [3.05, 3.63) is 0 Å². The largest absolute Gasteiger partial charge is 0.369 e. The molecule has 0 spiro atoms. The SMILES string of the molecule is CC(=O)CC1CCC[C@H](C[C@@]2(CCC3CCCCC3)N=C(N)N(C)C2=O)C1. The number of nitrogens with zero attached hydrogens (tertiary/aromatic N) is 2. The first-order valence-electron chi connectivity index (χ1n) is 11.0. The van der Waals surface area contributed by atoms with Crippen LogP contribution >= 0.6 is 0 Å². The number of amides is 1. The summed E-state index contributed by atoms with van der Waals surface area (Å²) in [6.45, 7) is 1.69. The lowest BCUT2D eigenvalue weighted by atomic mass is 9.72. The molecule has 2 aliphatic carbocycles. The highest BCUT2D eigenvalue weighted by Gasteiger charge is 2.47. The molecular formula is C22H37N3O2. The molecule has 27 heavy (non-hydrogen) atoms. The molecule has 1 heterocycles. The van der Waals surface area contributed by atoms with Gasteiger partial charge < -0.3 is 10.5 Å².